The van der Waals surface area contributed by atoms with Crippen molar-refractivity contribution in [3.05, 3.63) is 29.3 Å². The zero-order valence-corrected chi connectivity index (χ0v) is 11.5. The fourth-order valence-corrected chi connectivity index (χ4v) is 2.23. The van der Waals surface area contributed by atoms with Gasteiger partial charge in [-0.2, -0.15) is 0 Å². The minimum absolute atomic E-state index is 0.562. The summed E-state index contributed by atoms with van der Waals surface area (Å²) >= 11 is 1.46. The van der Waals surface area contributed by atoms with E-state index in [-0.39, 0.29) is 0 Å². The summed E-state index contributed by atoms with van der Waals surface area (Å²) in [6, 6.07) is 6.20. The van der Waals surface area contributed by atoms with Crippen LogP contribution in [-0.2, 0) is 0 Å². The lowest BCUT2D eigenvalue weighted by molar-refractivity contribution is 0.466. The van der Waals surface area contributed by atoms with Gasteiger partial charge in [0.25, 0.3) is 5.22 Å². The van der Waals surface area contributed by atoms with E-state index in [4.69, 9.17) is 4.42 Å². The van der Waals surface area contributed by atoms with Crippen LogP contribution in [0.2, 0.25) is 0 Å². The van der Waals surface area contributed by atoms with E-state index in [9.17, 15) is 0 Å². The van der Waals surface area contributed by atoms with Gasteiger partial charge < -0.3 is 4.42 Å². The molecule has 0 saturated carbocycles. The molecular weight excluding hydrogens is 244 g/mol. The summed E-state index contributed by atoms with van der Waals surface area (Å²) < 4.78 is 5.60. The molecule has 0 radical (unpaired) electrons. The molecule has 0 aliphatic heterocycles. The second-order valence-corrected chi connectivity index (χ2v) is 4.89. The van der Waals surface area contributed by atoms with Crippen molar-refractivity contribution in [2.24, 2.45) is 0 Å². The van der Waals surface area contributed by atoms with E-state index in [1.807, 2.05) is 19.1 Å². The third-order valence-electron chi connectivity index (χ3n) is 2.32. The molecule has 4 heteroatoms. The lowest BCUT2D eigenvalue weighted by atomic mass is 10.1. The predicted octanol–water partition coefficient (Wildman–Crippen LogP) is 3.47. The van der Waals surface area contributed by atoms with E-state index in [2.05, 4.69) is 42.0 Å². The average Bonchev–Trinajstić information content (AvgIpc) is 2.77. The minimum atomic E-state index is 0.562. The Bertz CT molecular complexity index is 587. The largest absolute Gasteiger partial charge is 0.411 e. The zero-order chi connectivity index (χ0) is 13.0. The van der Waals surface area contributed by atoms with Crippen molar-refractivity contribution in [1.82, 2.24) is 10.2 Å². The molecule has 1 heterocycles. The third kappa shape index (κ3) is 3.14. The SMILES string of the molecule is CC#CCSc1nnc(-c2cc(C)cc(C)c2)o1. The molecule has 1 aromatic heterocycles. The summed E-state index contributed by atoms with van der Waals surface area (Å²) in [5.41, 5.74) is 3.34. The highest BCUT2D eigenvalue weighted by Crippen LogP contribution is 2.24. The van der Waals surface area contributed by atoms with Gasteiger partial charge in [0.05, 0.1) is 5.75 Å². The van der Waals surface area contributed by atoms with Gasteiger partial charge in [0.2, 0.25) is 5.89 Å². The van der Waals surface area contributed by atoms with Gasteiger partial charge in [-0.1, -0.05) is 34.9 Å². The Morgan fingerprint density at radius 2 is 1.89 bits per heavy atom. The number of aromatic nitrogens is 2. The average molecular weight is 258 g/mol. The van der Waals surface area contributed by atoms with Crippen molar-refractivity contribution in [2.45, 2.75) is 26.0 Å². The molecular formula is C14H14N2OS. The van der Waals surface area contributed by atoms with Crippen molar-refractivity contribution in [3.63, 3.8) is 0 Å². The highest BCUT2D eigenvalue weighted by atomic mass is 32.2. The minimum Gasteiger partial charge on any atom is -0.411 e. The van der Waals surface area contributed by atoms with Crippen LogP contribution in [0.4, 0.5) is 0 Å². The molecule has 0 amide bonds. The van der Waals surface area contributed by atoms with E-state index in [0.717, 1.165) is 5.56 Å². The number of aryl methyl sites for hydroxylation is 2. The van der Waals surface area contributed by atoms with Crippen molar-refractivity contribution in [2.75, 3.05) is 5.75 Å². The molecule has 18 heavy (non-hydrogen) atoms. The number of rotatable bonds is 3. The Morgan fingerprint density at radius 3 is 2.56 bits per heavy atom. The van der Waals surface area contributed by atoms with Crippen molar-refractivity contribution in [3.8, 4) is 23.3 Å². The van der Waals surface area contributed by atoms with Crippen LogP contribution in [0.1, 0.15) is 18.1 Å². The van der Waals surface area contributed by atoms with Gasteiger partial charge in [-0.15, -0.1) is 16.1 Å². The van der Waals surface area contributed by atoms with Crippen LogP contribution in [0.15, 0.2) is 27.8 Å². The highest BCUT2D eigenvalue weighted by Gasteiger charge is 2.09. The van der Waals surface area contributed by atoms with Gasteiger partial charge in [0, 0.05) is 5.56 Å². The van der Waals surface area contributed by atoms with E-state index in [0.29, 0.717) is 16.9 Å². The Hall–Kier alpha value is -1.73. The second-order valence-electron chi connectivity index (χ2n) is 3.96. The molecule has 0 aliphatic carbocycles. The van der Waals surface area contributed by atoms with Gasteiger partial charge in [-0.3, -0.25) is 0 Å². The maximum atomic E-state index is 5.60. The van der Waals surface area contributed by atoms with Crippen LogP contribution in [0.25, 0.3) is 11.5 Å². The molecule has 3 nitrogen and oxygen atoms in total. The predicted molar refractivity (Wildman–Crippen MR) is 73.4 cm³/mol. The first-order valence-electron chi connectivity index (χ1n) is 5.63. The molecule has 2 aromatic rings. The van der Waals surface area contributed by atoms with Crippen LogP contribution < -0.4 is 0 Å². The molecule has 0 fully saturated rings. The topological polar surface area (TPSA) is 38.9 Å². The summed E-state index contributed by atoms with van der Waals surface area (Å²) in [5.74, 6) is 7.02. The van der Waals surface area contributed by atoms with E-state index >= 15 is 0 Å². The first kappa shape index (κ1) is 12.7. The molecule has 0 spiro atoms. The summed E-state index contributed by atoms with van der Waals surface area (Å²) in [6.45, 7) is 5.92. The van der Waals surface area contributed by atoms with Crippen LogP contribution in [0, 0.1) is 25.7 Å². The number of nitrogens with zero attached hydrogens (tertiary/aromatic N) is 2. The first-order chi connectivity index (χ1) is 8.69. The quantitative estimate of drug-likeness (QED) is 0.624. The van der Waals surface area contributed by atoms with Crippen molar-refractivity contribution < 1.29 is 4.42 Å². The first-order valence-corrected chi connectivity index (χ1v) is 6.62. The lowest BCUT2D eigenvalue weighted by Gasteiger charge is -1.99. The molecule has 0 saturated heterocycles. The monoisotopic (exact) mass is 258 g/mol. The third-order valence-corrected chi connectivity index (χ3v) is 3.02. The summed E-state index contributed by atoms with van der Waals surface area (Å²) in [6.07, 6.45) is 0. The number of benzene rings is 1. The number of hydrogen-bond donors (Lipinski definition) is 0. The fourth-order valence-electron chi connectivity index (χ4n) is 1.65. The van der Waals surface area contributed by atoms with Crippen LogP contribution >= 0.6 is 11.8 Å². The maximum absolute atomic E-state index is 5.60. The Kier molecular flexibility index (Phi) is 4.06. The summed E-state index contributed by atoms with van der Waals surface area (Å²) in [7, 11) is 0. The van der Waals surface area contributed by atoms with Gasteiger partial charge in [-0.25, -0.2) is 0 Å². The van der Waals surface area contributed by atoms with Gasteiger partial charge in [0.15, 0.2) is 0 Å². The van der Waals surface area contributed by atoms with Crippen LogP contribution in [-0.4, -0.2) is 16.0 Å². The van der Waals surface area contributed by atoms with Gasteiger partial charge in [0.1, 0.15) is 0 Å². The molecule has 92 valence electrons. The summed E-state index contributed by atoms with van der Waals surface area (Å²) in [5, 5.41) is 8.63. The normalized spacial score (nSPS) is 9.94. The van der Waals surface area contributed by atoms with E-state index in [1.54, 1.807) is 0 Å². The van der Waals surface area contributed by atoms with Gasteiger partial charge >= 0.3 is 0 Å². The molecule has 2 rings (SSSR count). The van der Waals surface area contributed by atoms with E-state index < -0.39 is 0 Å². The molecule has 0 atom stereocenters. The standard InChI is InChI=1S/C14H14N2OS/c1-4-5-6-18-14-16-15-13(17-14)12-8-10(2)7-11(3)9-12/h7-9H,6H2,1-3H3. The Balaban J connectivity index is 2.20. The fraction of sp³-hybridized carbons (Fsp3) is 0.286. The molecule has 0 aliphatic rings. The summed E-state index contributed by atoms with van der Waals surface area (Å²) in [4.78, 5) is 0. The lowest BCUT2D eigenvalue weighted by Crippen LogP contribution is -1.82. The molecule has 0 unspecified atom stereocenters. The van der Waals surface area contributed by atoms with Crippen LogP contribution in [0.3, 0.4) is 0 Å². The highest BCUT2D eigenvalue weighted by molar-refractivity contribution is 7.99. The van der Waals surface area contributed by atoms with Gasteiger partial charge in [-0.05, 0) is 32.9 Å². The number of hydrogen-bond acceptors (Lipinski definition) is 4. The molecule has 0 bridgehead atoms. The maximum Gasteiger partial charge on any atom is 0.277 e. The molecule has 1 aromatic carbocycles. The van der Waals surface area contributed by atoms with Crippen LogP contribution in [0.5, 0.6) is 0 Å². The number of thioether (sulfide) groups is 1. The second kappa shape index (κ2) is 5.74. The Labute approximate surface area is 111 Å². The zero-order valence-electron chi connectivity index (χ0n) is 10.7. The smallest absolute Gasteiger partial charge is 0.277 e. The Morgan fingerprint density at radius 1 is 1.17 bits per heavy atom. The molecule has 0 N–H and O–H groups in total. The van der Waals surface area contributed by atoms with E-state index in [1.165, 1.54) is 22.9 Å². The van der Waals surface area contributed by atoms with Crippen molar-refractivity contribution >= 4 is 11.8 Å². The van der Waals surface area contributed by atoms with Crippen molar-refractivity contribution in [1.29, 1.82) is 0 Å².